The molecule has 1 fully saturated rings. The van der Waals surface area contributed by atoms with Crippen LogP contribution in [0.4, 0.5) is 0 Å². The van der Waals surface area contributed by atoms with Crippen LogP contribution in [0.3, 0.4) is 0 Å². The summed E-state index contributed by atoms with van der Waals surface area (Å²) in [6.45, 7) is 2.78. The molecular weight excluding hydrogens is 912 g/mol. The summed E-state index contributed by atoms with van der Waals surface area (Å²) < 4.78 is 34.7. The maximum atomic E-state index is 13.6. The number of allylic oxidation sites excluding steroid dienone is 8. The number of aliphatic hydroxyl groups excluding tert-OH is 7. The van der Waals surface area contributed by atoms with Gasteiger partial charge in [-0.3, -0.25) is 23.4 Å². The van der Waals surface area contributed by atoms with Gasteiger partial charge >= 0.3 is 19.8 Å². The lowest BCUT2D eigenvalue weighted by Crippen LogP contribution is -2.55. The number of unbranched alkanes of at least 4 members (excludes halogenated alkanes) is 12. The number of esters is 2. The van der Waals surface area contributed by atoms with Crippen LogP contribution in [-0.4, -0.2) is 127 Å². The number of aliphatic hydroxyl groups is 7. The van der Waals surface area contributed by atoms with Gasteiger partial charge in [-0.25, -0.2) is 4.57 Å². The molecule has 2 rings (SSSR count). The molecule has 69 heavy (non-hydrogen) atoms. The third-order valence-corrected chi connectivity index (χ3v) is 13.4. The predicted molar refractivity (Wildman–Crippen MR) is 263 cm³/mol. The zero-order valence-corrected chi connectivity index (χ0v) is 42.2. The van der Waals surface area contributed by atoms with Gasteiger partial charge in [0.25, 0.3) is 0 Å². The lowest BCUT2D eigenvalue weighted by Gasteiger charge is -2.36. The molecule has 1 unspecified atom stereocenters. The average Bonchev–Trinajstić information content (AvgIpc) is 3.32. The van der Waals surface area contributed by atoms with Gasteiger partial charge in [-0.15, -0.1) is 0 Å². The number of carbonyl (C=O) groups is 3. The van der Waals surface area contributed by atoms with Crippen molar-refractivity contribution in [2.45, 2.75) is 223 Å². The first-order valence-electron chi connectivity index (χ1n) is 25.7. The molecule has 1 aliphatic heterocycles. The molecule has 1 aliphatic carbocycles. The maximum absolute atomic E-state index is 13.6. The number of cyclic esters (lactones) is 1. The Labute approximate surface area is 411 Å². The van der Waals surface area contributed by atoms with Crippen molar-refractivity contribution in [3.05, 3.63) is 60.8 Å². The SMILES string of the molecule is CCCCCC/C=C\C/C=C\C/C=C\CCCCCCCCC(=O)O[C@@H]1COC(=O)CCC/C=C\C[C@H]2C(=O)C[C@@H](O)[C@H](/C=C/[C@@H](O)CCCCC)[C@@H](O)[C@@H](O)[C@@H](OP(=O)(O)OC1)[C@H](O)[C@@H](O)[C@@H]2O. The molecule has 17 heteroatoms. The summed E-state index contributed by atoms with van der Waals surface area (Å²) in [6, 6.07) is 0. The van der Waals surface area contributed by atoms with Crippen LogP contribution >= 0.6 is 7.82 Å². The summed E-state index contributed by atoms with van der Waals surface area (Å²) >= 11 is 0. The number of hydrogen-bond acceptors (Lipinski definition) is 15. The van der Waals surface area contributed by atoms with E-state index >= 15 is 0 Å². The van der Waals surface area contributed by atoms with Crippen molar-refractivity contribution in [3.63, 3.8) is 0 Å². The second kappa shape index (κ2) is 37.0. The van der Waals surface area contributed by atoms with Gasteiger partial charge in [0.05, 0.1) is 31.0 Å². The van der Waals surface area contributed by atoms with E-state index in [9.17, 15) is 59.6 Å². The number of carbonyl (C=O) groups excluding carboxylic acids is 3. The van der Waals surface area contributed by atoms with Crippen molar-refractivity contribution < 1.29 is 78.1 Å². The minimum atomic E-state index is -5.47. The molecule has 0 aromatic rings. The van der Waals surface area contributed by atoms with Gasteiger partial charge in [0.15, 0.2) is 6.10 Å². The van der Waals surface area contributed by atoms with E-state index in [-0.39, 0.29) is 19.3 Å². The Morgan fingerprint density at radius 3 is 2.01 bits per heavy atom. The molecule has 2 bridgehead atoms. The standard InChI is InChI=1S/C52H87O16P/c1-3-5-7-8-9-10-11-12-13-14-15-16-17-18-19-20-21-22-23-29-33-46(57)67-40-37-65-45(56)32-28-25-24-27-31-41-43(54)36-44(55)42(35-34-39(53)30-26-6-4-2)48(59)50(61)52(51(62)49(60)47(41)58)68-69(63,64)66-38-40/h10-11,13-14,16-17,24,27,34-35,39-42,44,47-53,55,58-62H,3-9,12,15,18-23,25-26,28-33,36-38H2,1-2H3,(H,63,64)/b11-10-,14-13-,17-16-,27-24-,35-34+/t39-,40+,41-,42-,44+,47+,48+,49-,50+,51+,52+/m0/s1. The number of phosphoric ester groups is 1. The van der Waals surface area contributed by atoms with Crippen molar-refractivity contribution in [1.82, 2.24) is 0 Å². The smallest absolute Gasteiger partial charge is 0.462 e. The number of rotatable bonds is 25. The largest absolute Gasteiger partial charge is 0.472 e. The summed E-state index contributed by atoms with van der Waals surface area (Å²) in [4.78, 5) is 50.2. The van der Waals surface area contributed by atoms with Crippen LogP contribution in [0.1, 0.15) is 168 Å². The summed E-state index contributed by atoms with van der Waals surface area (Å²) in [5.74, 6) is -5.11. The molecule has 12 atom stereocenters. The van der Waals surface area contributed by atoms with Gasteiger partial charge < -0.3 is 50.1 Å². The third kappa shape index (κ3) is 27.0. The maximum Gasteiger partial charge on any atom is 0.472 e. The Hall–Kier alpha value is -2.86. The Balaban J connectivity index is 2.08. The fraction of sp³-hybridized carbons (Fsp3) is 0.750. The fourth-order valence-corrected chi connectivity index (χ4v) is 9.15. The number of Topliss-reactive ketones (excluding diaryl/α,β-unsaturated/α-hetero) is 1. The number of hydrogen-bond donors (Lipinski definition) is 8. The summed E-state index contributed by atoms with van der Waals surface area (Å²) in [7, 11) is -5.47. The van der Waals surface area contributed by atoms with Crippen molar-refractivity contribution in [1.29, 1.82) is 0 Å². The fourth-order valence-electron chi connectivity index (χ4n) is 8.17. The Kier molecular flexibility index (Phi) is 33.4. The van der Waals surface area contributed by atoms with Gasteiger partial charge in [0, 0.05) is 31.1 Å². The topological polar surface area (TPSA) is 267 Å². The minimum absolute atomic E-state index is 0.00830. The lowest BCUT2D eigenvalue weighted by molar-refractivity contribution is -0.166. The average molecular weight is 999 g/mol. The van der Waals surface area contributed by atoms with Crippen LogP contribution in [-0.2, 0) is 37.5 Å². The molecule has 396 valence electrons. The van der Waals surface area contributed by atoms with Gasteiger partial charge in [0.2, 0.25) is 0 Å². The number of fused-ring (bicyclic) bond motifs is 4. The van der Waals surface area contributed by atoms with Crippen molar-refractivity contribution in [3.8, 4) is 0 Å². The van der Waals surface area contributed by atoms with Crippen LogP contribution < -0.4 is 0 Å². The van der Waals surface area contributed by atoms with Gasteiger partial charge in [0.1, 0.15) is 36.8 Å². The molecule has 0 aromatic heterocycles. The van der Waals surface area contributed by atoms with Crippen molar-refractivity contribution in [2.24, 2.45) is 11.8 Å². The first-order valence-corrected chi connectivity index (χ1v) is 27.2. The van der Waals surface area contributed by atoms with E-state index in [2.05, 4.69) is 43.4 Å². The quantitative estimate of drug-likeness (QED) is 0.0191. The van der Waals surface area contributed by atoms with Crippen LogP contribution in [0.15, 0.2) is 60.8 Å². The summed E-state index contributed by atoms with van der Waals surface area (Å²) in [6.07, 6.45) is 17.7. The van der Waals surface area contributed by atoms with E-state index in [1.165, 1.54) is 43.9 Å². The zero-order chi connectivity index (χ0) is 50.9. The van der Waals surface area contributed by atoms with E-state index < -0.39 is 112 Å². The molecule has 0 radical (unpaired) electrons. The van der Waals surface area contributed by atoms with E-state index in [0.717, 1.165) is 70.6 Å². The molecule has 0 amide bonds. The number of phosphoric acid groups is 1. The summed E-state index contributed by atoms with van der Waals surface area (Å²) in [5.41, 5.74) is 0. The van der Waals surface area contributed by atoms with Crippen LogP contribution in [0.25, 0.3) is 0 Å². The number of ketones is 1. The molecule has 0 spiro atoms. The third-order valence-electron chi connectivity index (χ3n) is 12.4. The Bertz CT molecular complexity index is 1610. The molecule has 0 saturated heterocycles. The second-order valence-electron chi connectivity index (χ2n) is 18.4. The highest BCUT2D eigenvalue weighted by atomic mass is 31.2. The second-order valence-corrected chi connectivity index (χ2v) is 19.9. The van der Waals surface area contributed by atoms with Crippen LogP contribution in [0.2, 0.25) is 0 Å². The Morgan fingerprint density at radius 1 is 0.754 bits per heavy atom. The first kappa shape index (κ1) is 62.3. The normalized spacial score (nSPS) is 30.6. The van der Waals surface area contributed by atoms with Gasteiger partial charge in [-0.05, 0) is 70.6 Å². The zero-order valence-electron chi connectivity index (χ0n) is 41.3. The first-order chi connectivity index (χ1) is 33.1. The summed E-state index contributed by atoms with van der Waals surface area (Å²) in [5, 5.41) is 78.7. The predicted octanol–water partition coefficient (Wildman–Crippen LogP) is 7.48. The molecule has 16 nitrogen and oxygen atoms in total. The molecule has 0 aromatic carbocycles. The highest BCUT2D eigenvalue weighted by molar-refractivity contribution is 7.47. The monoisotopic (exact) mass is 999 g/mol. The van der Waals surface area contributed by atoms with E-state index in [1.54, 1.807) is 6.08 Å². The molecule has 8 N–H and O–H groups in total. The Morgan fingerprint density at radius 2 is 1.35 bits per heavy atom. The lowest BCUT2D eigenvalue weighted by atomic mass is 9.84. The highest BCUT2D eigenvalue weighted by Crippen LogP contribution is 2.47. The van der Waals surface area contributed by atoms with Crippen molar-refractivity contribution >= 4 is 25.5 Å². The van der Waals surface area contributed by atoms with E-state index in [0.29, 0.717) is 32.1 Å². The highest BCUT2D eigenvalue weighted by Gasteiger charge is 2.49. The van der Waals surface area contributed by atoms with Gasteiger partial charge in [-0.2, -0.15) is 0 Å². The molecular formula is C52H87O16P. The molecule has 2 aliphatic rings. The molecule has 1 heterocycles. The van der Waals surface area contributed by atoms with Crippen LogP contribution in [0, 0.1) is 11.8 Å². The van der Waals surface area contributed by atoms with Crippen molar-refractivity contribution in [2.75, 3.05) is 13.2 Å². The van der Waals surface area contributed by atoms with Gasteiger partial charge in [-0.1, -0.05) is 139 Å². The number of ether oxygens (including phenoxy) is 2. The van der Waals surface area contributed by atoms with E-state index in [4.69, 9.17) is 18.5 Å². The van der Waals surface area contributed by atoms with E-state index in [1.807, 2.05) is 6.92 Å². The minimum Gasteiger partial charge on any atom is -0.462 e. The van der Waals surface area contributed by atoms with Crippen LogP contribution in [0.5, 0.6) is 0 Å². The molecule has 1 saturated carbocycles.